The number of anilines is 1. The summed E-state index contributed by atoms with van der Waals surface area (Å²) in [5, 5.41) is 12.9. The Morgan fingerprint density at radius 2 is 1.71 bits per heavy atom. The lowest BCUT2D eigenvalue weighted by Crippen LogP contribution is -2.19. The van der Waals surface area contributed by atoms with Gasteiger partial charge in [0.15, 0.2) is 0 Å². The number of nitrogens with two attached hydrogens (primary N) is 2. The van der Waals surface area contributed by atoms with Crippen LogP contribution in [0.1, 0.15) is 0 Å². The number of hydrogen-bond donors (Lipinski definition) is 5. The number of amides is 1. The minimum atomic E-state index is -1.18. The van der Waals surface area contributed by atoms with Crippen LogP contribution >= 0.6 is 0 Å². The Morgan fingerprint density at radius 3 is 2.19 bits per heavy atom. The van der Waals surface area contributed by atoms with Gasteiger partial charge in [0.25, 0.3) is 11.1 Å². The second kappa shape index (κ2) is 6.70. The van der Waals surface area contributed by atoms with Gasteiger partial charge in [-0.1, -0.05) is 6.07 Å². The maximum atomic E-state index is 11.2. The predicted molar refractivity (Wildman–Crippen MR) is 75.6 cm³/mol. The van der Waals surface area contributed by atoms with Crippen molar-refractivity contribution in [3.05, 3.63) is 51.1 Å². The van der Waals surface area contributed by atoms with Crippen molar-refractivity contribution in [2.75, 3.05) is 5.73 Å². The third-order valence-electron chi connectivity index (χ3n) is 2.25. The van der Waals surface area contributed by atoms with E-state index in [1.165, 1.54) is 0 Å². The van der Waals surface area contributed by atoms with Gasteiger partial charge in [-0.05, 0) is 12.1 Å². The molecule has 2 rings (SSSR count). The summed E-state index contributed by atoms with van der Waals surface area (Å²) in [5.41, 5.74) is 9.69. The summed E-state index contributed by atoms with van der Waals surface area (Å²) in [6.45, 7) is 0. The van der Waals surface area contributed by atoms with E-state index in [1.54, 1.807) is 18.2 Å². The zero-order valence-corrected chi connectivity index (χ0v) is 10.6. The normalized spacial score (nSPS) is 10.1. The van der Waals surface area contributed by atoms with Crippen LogP contribution in [0.15, 0.2) is 39.9 Å². The Balaban J connectivity index is 0.000000240. The van der Waals surface area contributed by atoms with E-state index in [4.69, 9.17) is 10.8 Å². The van der Waals surface area contributed by atoms with Crippen molar-refractivity contribution in [3.63, 3.8) is 0 Å². The van der Waals surface area contributed by atoms with E-state index in [0.717, 1.165) is 6.08 Å². The number of aliphatic carboxylic acids is 1. The van der Waals surface area contributed by atoms with Gasteiger partial charge in [-0.2, -0.15) is 0 Å². The summed E-state index contributed by atoms with van der Waals surface area (Å²) in [6, 6.07) is 4.77. The molecule has 9 nitrogen and oxygen atoms in total. The Hall–Kier alpha value is -3.36. The van der Waals surface area contributed by atoms with Gasteiger partial charge in [0, 0.05) is 17.8 Å². The van der Waals surface area contributed by atoms with Crippen LogP contribution in [0.4, 0.5) is 5.69 Å². The van der Waals surface area contributed by atoms with Gasteiger partial charge in [-0.15, -0.1) is 0 Å². The largest absolute Gasteiger partial charge is 0.478 e. The number of carboxylic acid groups (broad SMARTS) is 1. The second-order valence-electron chi connectivity index (χ2n) is 3.75. The van der Waals surface area contributed by atoms with Gasteiger partial charge >= 0.3 is 5.97 Å². The molecule has 0 bridgehead atoms. The number of rotatable bonds is 2. The number of benzene rings is 1. The van der Waals surface area contributed by atoms with E-state index < -0.39 is 11.9 Å². The molecule has 0 saturated heterocycles. The van der Waals surface area contributed by atoms with Crippen molar-refractivity contribution < 1.29 is 14.7 Å². The van der Waals surface area contributed by atoms with Gasteiger partial charge < -0.3 is 16.6 Å². The van der Waals surface area contributed by atoms with E-state index in [9.17, 15) is 19.2 Å². The average molecular weight is 292 g/mol. The molecule has 0 fully saturated rings. The second-order valence-corrected chi connectivity index (χ2v) is 3.75. The van der Waals surface area contributed by atoms with Crippen LogP contribution in [0.3, 0.4) is 0 Å². The highest BCUT2D eigenvalue weighted by Crippen LogP contribution is 2.11. The number of primary amides is 1. The fourth-order valence-corrected chi connectivity index (χ4v) is 1.41. The van der Waals surface area contributed by atoms with E-state index >= 15 is 0 Å². The number of H-pyrrole nitrogens is 2. The van der Waals surface area contributed by atoms with Crippen LogP contribution in [0.2, 0.25) is 0 Å². The summed E-state index contributed by atoms with van der Waals surface area (Å²) < 4.78 is 0. The summed E-state index contributed by atoms with van der Waals surface area (Å²) in [6.07, 6.45) is 1.46. The first kappa shape index (κ1) is 15.7. The van der Waals surface area contributed by atoms with Crippen molar-refractivity contribution in [2.24, 2.45) is 5.73 Å². The smallest absolute Gasteiger partial charge is 0.328 e. The number of carbonyl (C=O) groups is 2. The van der Waals surface area contributed by atoms with Gasteiger partial charge in [-0.3, -0.25) is 24.6 Å². The fourth-order valence-electron chi connectivity index (χ4n) is 1.41. The number of carbonyl (C=O) groups excluding carboxylic acids is 1. The van der Waals surface area contributed by atoms with Crippen molar-refractivity contribution in [2.45, 2.75) is 0 Å². The van der Waals surface area contributed by atoms with Crippen LogP contribution in [-0.4, -0.2) is 27.2 Å². The molecular formula is C12H12N4O5. The minimum absolute atomic E-state index is 0.242. The van der Waals surface area contributed by atoms with Crippen molar-refractivity contribution in [1.82, 2.24) is 10.2 Å². The highest BCUT2D eigenvalue weighted by molar-refractivity contribution is 5.92. The van der Waals surface area contributed by atoms with Crippen LogP contribution in [0, 0.1) is 0 Å². The molecule has 110 valence electrons. The lowest BCUT2D eigenvalue weighted by atomic mass is 10.2. The van der Waals surface area contributed by atoms with Crippen molar-refractivity contribution in [1.29, 1.82) is 0 Å². The number of hydrogen-bond acceptors (Lipinski definition) is 5. The van der Waals surface area contributed by atoms with E-state index in [0.29, 0.717) is 17.1 Å². The van der Waals surface area contributed by atoms with E-state index in [-0.39, 0.29) is 16.5 Å². The summed E-state index contributed by atoms with van der Waals surface area (Å²) in [5.74, 6) is -1.93. The number of aromatic amines is 2. The molecule has 1 aromatic heterocycles. The van der Waals surface area contributed by atoms with E-state index in [2.05, 4.69) is 15.9 Å². The molecule has 2 aromatic rings. The maximum absolute atomic E-state index is 11.2. The SMILES string of the molecule is NC(=O)/C=C\C(=O)O.Nc1cccc2c(=O)[nH][nH]c(=O)c12. The first-order chi connectivity index (χ1) is 9.82. The van der Waals surface area contributed by atoms with Crippen LogP contribution in [0.5, 0.6) is 0 Å². The van der Waals surface area contributed by atoms with Crippen LogP contribution < -0.4 is 22.6 Å². The first-order valence-corrected chi connectivity index (χ1v) is 5.52. The molecule has 0 aliphatic heterocycles. The molecule has 1 amide bonds. The predicted octanol–water partition coefficient (Wildman–Crippen LogP) is -1.09. The quantitative estimate of drug-likeness (QED) is 0.347. The first-order valence-electron chi connectivity index (χ1n) is 5.52. The zero-order chi connectivity index (χ0) is 16.0. The lowest BCUT2D eigenvalue weighted by Gasteiger charge is -1.97. The number of nitrogen functional groups attached to an aromatic ring is 1. The molecule has 0 aliphatic carbocycles. The summed E-state index contributed by atoms with van der Waals surface area (Å²) >= 11 is 0. The Kier molecular flexibility index (Phi) is 5.01. The Bertz CT molecular complexity index is 802. The number of aromatic nitrogens is 2. The number of fused-ring (bicyclic) bond motifs is 1. The third kappa shape index (κ3) is 4.35. The maximum Gasteiger partial charge on any atom is 0.328 e. The number of nitrogens with one attached hydrogen (secondary N) is 2. The Morgan fingerprint density at radius 1 is 1.10 bits per heavy atom. The van der Waals surface area contributed by atoms with Gasteiger partial charge in [0.1, 0.15) is 0 Å². The molecule has 1 heterocycles. The average Bonchev–Trinajstić information content (AvgIpc) is 2.41. The van der Waals surface area contributed by atoms with Crippen molar-refractivity contribution >= 4 is 28.3 Å². The third-order valence-corrected chi connectivity index (χ3v) is 2.25. The highest BCUT2D eigenvalue weighted by Gasteiger charge is 2.04. The molecule has 0 aliphatic rings. The molecule has 0 unspecified atom stereocenters. The minimum Gasteiger partial charge on any atom is -0.478 e. The summed E-state index contributed by atoms with van der Waals surface area (Å²) in [4.78, 5) is 41.8. The molecule has 1 aromatic carbocycles. The number of carboxylic acids is 1. The summed E-state index contributed by atoms with van der Waals surface area (Å²) in [7, 11) is 0. The fraction of sp³-hybridized carbons (Fsp3) is 0. The topological polar surface area (TPSA) is 172 Å². The molecule has 7 N–H and O–H groups in total. The lowest BCUT2D eigenvalue weighted by molar-refractivity contribution is -0.131. The molecule has 21 heavy (non-hydrogen) atoms. The standard InChI is InChI=1S/C8H7N3O2.C4H5NO3/c9-5-3-1-2-4-6(5)8(13)11-10-7(4)12;5-3(6)1-2-4(7)8/h1-3H,9H2,(H,10,12)(H,11,13);1-2H,(H2,5,6)(H,7,8)/b;2-1-. The zero-order valence-electron chi connectivity index (χ0n) is 10.6. The van der Waals surface area contributed by atoms with Gasteiger partial charge in [-0.25, -0.2) is 4.79 Å². The van der Waals surface area contributed by atoms with Crippen LogP contribution in [-0.2, 0) is 9.59 Å². The molecular weight excluding hydrogens is 280 g/mol. The van der Waals surface area contributed by atoms with E-state index in [1.807, 2.05) is 0 Å². The monoisotopic (exact) mass is 292 g/mol. The molecule has 0 spiro atoms. The highest BCUT2D eigenvalue weighted by atomic mass is 16.4. The molecule has 0 atom stereocenters. The molecule has 0 radical (unpaired) electrons. The molecule has 0 saturated carbocycles. The van der Waals surface area contributed by atoms with Crippen molar-refractivity contribution in [3.8, 4) is 0 Å². The van der Waals surface area contributed by atoms with Gasteiger partial charge in [0.2, 0.25) is 5.91 Å². The van der Waals surface area contributed by atoms with Gasteiger partial charge in [0.05, 0.1) is 10.8 Å². The van der Waals surface area contributed by atoms with Crippen LogP contribution in [0.25, 0.3) is 10.8 Å². The molecule has 9 heteroatoms. The Labute approximate surface area is 116 Å².